The molecule has 1 aliphatic heterocycles. The zero-order valence-electron chi connectivity index (χ0n) is 17.6. The maximum atomic E-state index is 12.8. The van der Waals surface area contributed by atoms with Crippen molar-refractivity contribution in [1.82, 2.24) is 13.5 Å². The molecule has 0 atom stereocenters. The number of hydrogen-bond acceptors (Lipinski definition) is 5. The van der Waals surface area contributed by atoms with Crippen LogP contribution in [0.1, 0.15) is 11.1 Å². The van der Waals surface area contributed by atoms with Gasteiger partial charge < -0.3 is 4.90 Å². The molecule has 1 heterocycles. The normalized spacial score (nSPS) is 15.9. The standard InChI is InChI=1S/C21H27N3O5S2/c1-18-8-10-19(11-9-18)16-24(30(2,26)27)17-21(25)22-12-14-23(15-13-22)31(28,29)20-6-4-3-5-7-20/h3-11H,12-17H2,1-2H3. The monoisotopic (exact) mass is 465 g/mol. The molecule has 168 valence electrons. The zero-order valence-corrected chi connectivity index (χ0v) is 19.3. The van der Waals surface area contributed by atoms with Crippen molar-refractivity contribution in [2.75, 3.05) is 39.0 Å². The lowest BCUT2D eigenvalue weighted by molar-refractivity contribution is -0.132. The molecule has 2 aromatic carbocycles. The predicted octanol–water partition coefficient (Wildman–Crippen LogP) is 1.29. The first-order chi connectivity index (χ1) is 14.6. The molecule has 0 N–H and O–H groups in total. The van der Waals surface area contributed by atoms with Crippen LogP contribution in [0.4, 0.5) is 0 Å². The Balaban J connectivity index is 1.63. The number of carbonyl (C=O) groups excluding carboxylic acids is 1. The number of nitrogens with zero attached hydrogens (tertiary/aromatic N) is 3. The lowest BCUT2D eigenvalue weighted by Crippen LogP contribution is -2.52. The summed E-state index contributed by atoms with van der Waals surface area (Å²) in [5.74, 6) is -0.339. The summed E-state index contributed by atoms with van der Waals surface area (Å²) in [6.07, 6.45) is 1.08. The van der Waals surface area contributed by atoms with Gasteiger partial charge in [0.25, 0.3) is 0 Å². The first-order valence-corrected chi connectivity index (χ1v) is 13.2. The molecular formula is C21H27N3O5S2. The molecule has 0 bridgehead atoms. The molecule has 10 heteroatoms. The Labute approximate surface area is 184 Å². The third-order valence-electron chi connectivity index (χ3n) is 5.23. The van der Waals surface area contributed by atoms with Gasteiger partial charge in [-0.05, 0) is 24.6 Å². The van der Waals surface area contributed by atoms with Crippen molar-refractivity contribution in [3.63, 3.8) is 0 Å². The molecule has 1 saturated heterocycles. The number of amides is 1. The van der Waals surface area contributed by atoms with E-state index in [1.807, 2.05) is 31.2 Å². The van der Waals surface area contributed by atoms with E-state index in [1.165, 1.54) is 9.21 Å². The summed E-state index contributed by atoms with van der Waals surface area (Å²) < 4.78 is 52.4. The van der Waals surface area contributed by atoms with E-state index in [-0.39, 0.29) is 50.1 Å². The van der Waals surface area contributed by atoms with E-state index in [4.69, 9.17) is 0 Å². The number of rotatable bonds is 7. The van der Waals surface area contributed by atoms with Gasteiger partial charge in [0.2, 0.25) is 26.0 Å². The van der Waals surface area contributed by atoms with Crippen molar-refractivity contribution in [2.24, 2.45) is 0 Å². The Morgan fingerprint density at radius 2 is 1.48 bits per heavy atom. The van der Waals surface area contributed by atoms with Crippen LogP contribution in [0.3, 0.4) is 0 Å². The average Bonchev–Trinajstić information content (AvgIpc) is 2.74. The van der Waals surface area contributed by atoms with Crippen molar-refractivity contribution in [3.8, 4) is 0 Å². The van der Waals surface area contributed by atoms with Gasteiger partial charge in [0.15, 0.2) is 0 Å². The number of benzene rings is 2. The van der Waals surface area contributed by atoms with Crippen LogP contribution >= 0.6 is 0 Å². The second-order valence-corrected chi connectivity index (χ2v) is 11.5. The van der Waals surface area contributed by atoms with E-state index in [0.717, 1.165) is 21.7 Å². The molecule has 8 nitrogen and oxygen atoms in total. The van der Waals surface area contributed by atoms with Gasteiger partial charge in [0.05, 0.1) is 17.7 Å². The Morgan fingerprint density at radius 1 is 0.903 bits per heavy atom. The highest BCUT2D eigenvalue weighted by Crippen LogP contribution is 2.18. The molecule has 0 saturated carbocycles. The van der Waals surface area contributed by atoms with Gasteiger partial charge in [0.1, 0.15) is 0 Å². The molecule has 1 fully saturated rings. The van der Waals surface area contributed by atoms with Gasteiger partial charge in [-0.1, -0.05) is 48.0 Å². The highest BCUT2D eigenvalue weighted by atomic mass is 32.2. The molecule has 0 spiro atoms. The topological polar surface area (TPSA) is 95.1 Å². The van der Waals surface area contributed by atoms with Crippen LogP contribution in [0.25, 0.3) is 0 Å². The van der Waals surface area contributed by atoms with Crippen LogP contribution in [0.2, 0.25) is 0 Å². The van der Waals surface area contributed by atoms with Crippen LogP contribution in [0, 0.1) is 6.92 Å². The number of piperazine rings is 1. The van der Waals surface area contributed by atoms with Gasteiger partial charge in [-0.2, -0.15) is 8.61 Å². The first kappa shape index (κ1) is 23.4. The molecule has 1 aliphatic rings. The fourth-order valence-electron chi connectivity index (χ4n) is 3.36. The Bertz CT molecular complexity index is 1110. The largest absolute Gasteiger partial charge is 0.339 e. The first-order valence-electron chi connectivity index (χ1n) is 9.91. The summed E-state index contributed by atoms with van der Waals surface area (Å²) in [5, 5.41) is 0. The Morgan fingerprint density at radius 3 is 2.03 bits per heavy atom. The summed E-state index contributed by atoms with van der Waals surface area (Å²) in [5.41, 5.74) is 1.86. The molecule has 1 amide bonds. The Kier molecular flexibility index (Phi) is 7.15. The second kappa shape index (κ2) is 9.47. The van der Waals surface area contributed by atoms with E-state index in [1.54, 1.807) is 30.3 Å². The van der Waals surface area contributed by atoms with E-state index in [2.05, 4.69) is 0 Å². The van der Waals surface area contributed by atoms with Gasteiger partial charge in [-0.3, -0.25) is 4.79 Å². The molecule has 0 radical (unpaired) electrons. The number of carbonyl (C=O) groups is 1. The minimum Gasteiger partial charge on any atom is -0.339 e. The van der Waals surface area contributed by atoms with Crippen molar-refractivity contribution in [1.29, 1.82) is 0 Å². The van der Waals surface area contributed by atoms with E-state index < -0.39 is 20.0 Å². The van der Waals surface area contributed by atoms with Crippen LogP contribution < -0.4 is 0 Å². The fourth-order valence-corrected chi connectivity index (χ4v) is 5.53. The van der Waals surface area contributed by atoms with Gasteiger partial charge in [-0.15, -0.1) is 0 Å². The third-order valence-corrected chi connectivity index (χ3v) is 8.34. The molecule has 0 aliphatic carbocycles. The maximum absolute atomic E-state index is 12.8. The summed E-state index contributed by atoms with van der Waals surface area (Å²) >= 11 is 0. The van der Waals surface area contributed by atoms with Gasteiger partial charge >= 0.3 is 0 Å². The van der Waals surface area contributed by atoms with Crippen molar-refractivity contribution < 1.29 is 21.6 Å². The van der Waals surface area contributed by atoms with Crippen LogP contribution in [-0.4, -0.2) is 75.2 Å². The number of hydrogen-bond donors (Lipinski definition) is 0. The molecule has 0 unspecified atom stereocenters. The van der Waals surface area contributed by atoms with Crippen molar-refractivity contribution >= 4 is 26.0 Å². The van der Waals surface area contributed by atoms with Gasteiger partial charge in [0, 0.05) is 32.7 Å². The molecule has 0 aromatic heterocycles. The number of sulfonamides is 2. The summed E-state index contributed by atoms with van der Waals surface area (Å²) in [4.78, 5) is 14.5. The summed E-state index contributed by atoms with van der Waals surface area (Å²) in [7, 11) is -7.21. The number of aryl methyl sites for hydroxylation is 1. The molecule has 31 heavy (non-hydrogen) atoms. The van der Waals surface area contributed by atoms with Gasteiger partial charge in [-0.25, -0.2) is 16.8 Å². The Hall–Kier alpha value is -2.27. The smallest absolute Gasteiger partial charge is 0.243 e. The minimum atomic E-state index is -3.61. The SMILES string of the molecule is Cc1ccc(CN(CC(=O)N2CCN(S(=O)(=O)c3ccccc3)CC2)S(C)(=O)=O)cc1. The van der Waals surface area contributed by atoms with Crippen molar-refractivity contribution in [3.05, 3.63) is 65.7 Å². The van der Waals surface area contributed by atoms with Crippen molar-refractivity contribution in [2.45, 2.75) is 18.4 Å². The van der Waals surface area contributed by atoms with Crippen LogP contribution in [0.15, 0.2) is 59.5 Å². The summed E-state index contributed by atoms with van der Waals surface area (Å²) in [6.45, 7) is 2.53. The minimum absolute atomic E-state index is 0.104. The highest BCUT2D eigenvalue weighted by molar-refractivity contribution is 7.89. The lowest BCUT2D eigenvalue weighted by atomic mass is 10.1. The lowest BCUT2D eigenvalue weighted by Gasteiger charge is -2.35. The maximum Gasteiger partial charge on any atom is 0.243 e. The molecular weight excluding hydrogens is 438 g/mol. The van der Waals surface area contributed by atoms with Crippen LogP contribution in [-0.2, 0) is 31.4 Å². The second-order valence-electron chi connectivity index (χ2n) is 7.61. The molecule has 3 rings (SSSR count). The van der Waals surface area contributed by atoms with E-state index in [9.17, 15) is 21.6 Å². The fraction of sp³-hybridized carbons (Fsp3) is 0.381. The zero-order chi connectivity index (χ0) is 22.6. The average molecular weight is 466 g/mol. The highest BCUT2D eigenvalue weighted by Gasteiger charge is 2.31. The predicted molar refractivity (Wildman–Crippen MR) is 118 cm³/mol. The van der Waals surface area contributed by atoms with E-state index >= 15 is 0 Å². The summed E-state index contributed by atoms with van der Waals surface area (Å²) in [6, 6.07) is 15.6. The van der Waals surface area contributed by atoms with Crippen LogP contribution in [0.5, 0.6) is 0 Å². The van der Waals surface area contributed by atoms with E-state index in [0.29, 0.717) is 0 Å². The molecule has 2 aromatic rings. The third kappa shape index (κ3) is 5.91. The quantitative estimate of drug-likeness (QED) is 0.614.